The standard InChI is InChI=1S/C18H20FN5O/c1-12-4-5-14(15(19)10-12)16-13(2)22-18-20-11-21-24(18)17(16)23-6-3-8-25-9-7-23/h4-5,10-11H,3,6-9H2,1-2H3. The Morgan fingerprint density at radius 1 is 1.16 bits per heavy atom. The molecule has 0 atom stereocenters. The molecule has 1 aliphatic rings. The highest BCUT2D eigenvalue weighted by Crippen LogP contribution is 2.35. The van der Waals surface area contributed by atoms with Crippen molar-refractivity contribution in [3.05, 3.63) is 41.6 Å². The summed E-state index contributed by atoms with van der Waals surface area (Å²) < 4.78 is 22.0. The molecule has 0 spiro atoms. The van der Waals surface area contributed by atoms with Gasteiger partial charge in [0.25, 0.3) is 5.78 Å². The molecule has 7 heteroatoms. The second-order valence-corrected chi connectivity index (χ2v) is 6.30. The van der Waals surface area contributed by atoms with Gasteiger partial charge in [0.05, 0.1) is 12.3 Å². The lowest BCUT2D eigenvalue weighted by molar-refractivity contribution is 0.152. The van der Waals surface area contributed by atoms with E-state index in [-0.39, 0.29) is 5.82 Å². The fourth-order valence-corrected chi connectivity index (χ4v) is 3.32. The number of hydrogen-bond acceptors (Lipinski definition) is 5. The molecule has 0 bridgehead atoms. The Balaban J connectivity index is 1.98. The summed E-state index contributed by atoms with van der Waals surface area (Å²) in [4.78, 5) is 10.9. The summed E-state index contributed by atoms with van der Waals surface area (Å²) in [5, 5.41) is 4.34. The van der Waals surface area contributed by atoms with E-state index >= 15 is 0 Å². The van der Waals surface area contributed by atoms with Gasteiger partial charge in [-0.2, -0.15) is 14.6 Å². The number of anilines is 1. The Hall–Kier alpha value is -2.54. The smallest absolute Gasteiger partial charge is 0.254 e. The minimum Gasteiger partial charge on any atom is -0.380 e. The molecule has 6 nitrogen and oxygen atoms in total. The molecule has 0 amide bonds. The van der Waals surface area contributed by atoms with E-state index in [0.29, 0.717) is 17.9 Å². The van der Waals surface area contributed by atoms with Crippen molar-refractivity contribution in [3.8, 4) is 11.1 Å². The topological polar surface area (TPSA) is 55.5 Å². The Kier molecular flexibility index (Phi) is 4.09. The maximum atomic E-state index is 14.8. The SMILES string of the molecule is Cc1ccc(-c2c(C)nc3ncnn3c2N2CCCOCC2)c(F)c1. The molecule has 0 saturated carbocycles. The third kappa shape index (κ3) is 2.84. The van der Waals surface area contributed by atoms with Crippen molar-refractivity contribution < 1.29 is 9.13 Å². The summed E-state index contributed by atoms with van der Waals surface area (Å²) >= 11 is 0. The molecule has 4 rings (SSSR count). The van der Waals surface area contributed by atoms with Crippen LogP contribution in [0.5, 0.6) is 0 Å². The molecule has 0 aliphatic carbocycles. The minimum atomic E-state index is -0.253. The second-order valence-electron chi connectivity index (χ2n) is 6.30. The van der Waals surface area contributed by atoms with Gasteiger partial charge in [-0.05, 0) is 31.9 Å². The summed E-state index contributed by atoms with van der Waals surface area (Å²) in [7, 11) is 0. The average Bonchev–Trinajstić information content (AvgIpc) is 2.87. The summed E-state index contributed by atoms with van der Waals surface area (Å²) in [6.07, 6.45) is 2.39. The van der Waals surface area contributed by atoms with Crippen LogP contribution >= 0.6 is 0 Å². The number of aryl methyl sites for hydroxylation is 2. The summed E-state index contributed by atoms with van der Waals surface area (Å²) in [5.74, 6) is 1.10. The van der Waals surface area contributed by atoms with Crippen molar-refractivity contribution in [3.63, 3.8) is 0 Å². The van der Waals surface area contributed by atoms with Gasteiger partial charge in [-0.1, -0.05) is 12.1 Å². The molecule has 1 saturated heterocycles. The average molecular weight is 341 g/mol. The fraction of sp³-hybridized carbons (Fsp3) is 0.389. The highest BCUT2D eigenvalue weighted by atomic mass is 19.1. The summed E-state index contributed by atoms with van der Waals surface area (Å²) in [6, 6.07) is 5.28. The first kappa shape index (κ1) is 16.0. The first-order chi connectivity index (χ1) is 12.1. The van der Waals surface area contributed by atoms with Gasteiger partial charge in [-0.15, -0.1) is 0 Å². The Morgan fingerprint density at radius 3 is 2.88 bits per heavy atom. The van der Waals surface area contributed by atoms with Crippen LogP contribution in [0.3, 0.4) is 0 Å². The van der Waals surface area contributed by atoms with Crippen LogP contribution in [0.4, 0.5) is 10.2 Å². The van der Waals surface area contributed by atoms with Crippen LogP contribution in [-0.2, 0) is 4.74 Å². The molecule has 2 aromatic heterocycles. The highest BCUT2D eigenvalue weighted by Gasteiger charge is 2.24. The number of aromatic nitrogens is 4. The molecular weight excluding hydrogens is 321 g/mol. The van der Waals surface area contributed by atoms with Crippen LogP contribution in [0.15, 0.2) is 24.5 Å². The molecular formula is C18H20FN5O. The largest absolute Gasteiger partial charge is 0.380 e. The monoisotopic (exact) mass is 341 g/mol. The lowest BCUT2D eigenvalue weighted by Gasteiger charge is -2.26. The predicted molar refractivity (Wildman–Crippen MR) is 93.3 cm³/mol. The maximum absolute atomic E-state index is 14.8. The molecule has 1 aromatic carbocycles. The van der Waals surface area contributed by atoms with Gasteiger partial charge in [0.1, 0.15) is 18.0 Å². The quantitative estimate of drug-likeness (QED) is 0.717. The first-order valence-electron chi connectivity index (χ1n) is 8.44. The third-order valence-electron chi connectivity index (χ3n) is 4.50. The molecule has 25 heavy (non-hydrogen) atoms. The Labute approximate surface area is 145 Å². The van der Waals surface area contributed by atoms with Gasteiger partial charge >= 0.3 is 0 Å². The van der Waals surface area contributed by atoms with Crippen LogP contribution in [0, 0.1) is 19.7 Å². The molecule has 3 aromatic rings. The van der Waals surface area contributed by atoms with E-state index in [1.807, 2.05) is 26.0 Å². The fourth-order valence-electron chi connectivity index (χ4n) is 3.32. The van der Waals surface area contributed by atoms with Crippen molar-refractivity contribution in [2.75, 3.05) is 31.2 Å². The minimum absolute atomic E-state index is 0.253. The zero-order valence-electron chi connectivity index (χ0n) is 14.4. The third-order valence-corrected chi connectivity index (χ3v) is 4.50. The molecule has 3 heterocycles. The van der Waals surface area contributed by atoms with E-state index in [1.54, 1.807) is 10.6 Å². The van der Waals surface area contributed by atoms with Gasteiger partial charge < -0.3 is 9.64 Å². The first-order valence-corrected chi connectivity index (χ1v) is 8.44. The molecule has 0 N–H and O–H groups in total. The van der Waals surface area contributed by atoms with Crippen LogP contribution in [0.2, 0.25) is 0 Å². The maximum Gasteiger partial charge on any atom is 0.254 e. The highest BCUT2D eigenvalue weighted by molar-refractivity contribution is 5.80. The van der Waals surface area contributed by atoms with Crippen molar-refractivity contribution in [2.24, 2.45) is 0 Å². The van der Waals surface area contributed by atoms with Crippen LogP contribution in [-0.4, -0.2) is 45.9 Å². The summed E-state index contributed by atoms with van der Waals surface area (Å²) in [6.45, 7) is 6.67. The number of benzene rings is 1. The van der Waals surface area contributed by atoms with Crippen molar-refractivity contribution in [2.45, 2.75) is 20.3 Å². The Morgan fingerprint density at radius 2 is 2.04 bits per heavy atom. The van der Waals surface area contributed by atoms with Crippen molar-refractivity contribution in [1.29, 1.82) is 0 Å². The van der Waals surface area contributed by atoms with E-state index in [0.717, 1.165) is 48.8 Å². The molecule has 1 aliphatic heterocycles. The predicted octanol–water partition coefficient (Wildman–Crippen LogP) is 2.77. The zero-order chi connectivity index (χ0) is 17.4. The van der Waals surface area contributed by atoms with E-state index in [4.69, 9.17) is 4.74 Å². The molecule has 0 unspecified atom stereocenters. The van der Waals surface area contributed by atoms with E-state index in [2.05, 4.69) is 20.0 Å². The molecule has 0 radical (unpaired) electrons. The van der Waals surface area contributed by atoms with Gasteiger partial charge in [0.15, 0.2) is 0 Å². The van der Waals surface area contributed by atoms with Crippen LogP contribution in [0.1, 0.15) is 17.7 Å². The van der Waals surface area contributed by atoms with Crippen LogP contribution < -0.4 is 4.90 Å². The van der Waals surface area contributed by atoms with E-state index < -0.39 is 0 Å². The van der Waals surface area contributed by atoms with E-state index in [9.17, 15) is 4.39 Å². The van der Waals surface area contributed by atoms with Crippen molar-refractivity contribution in [1.82, 2.24) is 19.6 Å². The van der Waals surface area contributed by atoms with Gasteiger partial charge in [-0.25, -0.2) is 9.37 Å². The number of fused-ring (bicyclic) bond motifs is 1. The number of nitrogens with zero attached hydrogens (tertiary/aromatic N) is 5. The lowest BCUT2D eigenvalue weighted by atomic mass is 10.0. The van der Waals surface area contributed by atoms with Gasteiger partial charge in [-0.3, -0.25) is 0 Å². The van der Waals surface area contributed by atoms with Gasteiger partial charge in [0, 0.05) is 30.8 Å². The molecule has 1 fully saturated rings. The van der Waals surface area contributed by atoms with Crippen LogP contribution in [0.25, 0.3) is 16.9 Å². The molecule has 130 valence electrons. The number of ether oxygens (including phenoxy) is 1. The number of rotatable bonds is 2. The second kappa shape index (κ2) is 6.40. The van der Waals surface area contributed by atoms with Crippen molar-refractivity contribution >= 4 is 11.6 Å². The number of halogens is 1. The summed E-state index contributed by atoms with van der Waals surface area (Å²) in [5.41, 5.74) is 2.92. The zero-order valence-corrected chi connectivity index (χ0v) is 14.4. The normalized spacial score (nSPS) is 15.6. The van der Waals surface area contributed by atoms with Gasteiger partial charge in [0.2, 0.25) is 0 Å². The Bertz CT molecular complexity index is 915. The van der Waals surface area contributed by atoms with E-state index in [1.165, 1.54) is 6.33 Å². The number of hydrogen-bond donors (Lipinski definition) is 0. The lowest BCUT2D eigenvalue weighted by Crippen LogP contribution is -2.29.